The lowest BCUT2D eigenvalue weighted by molar-refractivity contribution is -0.126. The molecule has 6 heteroatoms. The zero-order chi connectivity index (χ0) is 17.8. The second-order valence-corrected chi connectivity index (χ2v) is 7.43. The number of fused-ring (bicyclic) bond motifs is 3. The summed E-state index contributed by atoms with van der Waals surface area (Å²) in [5.41, 5.74) is 1.68. The van der Waals surface area contributed by atoms with Crippen molar-refractivity contribution in [3.63, 3.8) is 0 Å². The molecular formula is C20H18ClN3O2. The first kappa shape index (κ1) is 16.0. The van der Waals surface area contributed by atoms with Crippen LogP contribution in [-0.2, 0) is 9.59 Å². The number of para-hydroxylation sites is 1. The average Bonchev–Trinajstić information content (AvgIpc) is 3.29. The molecule has 0 bridgehead atoms. The molecule has 132 valence electrons. The van der Waals surface area contributed by atoms with Crippen molar-refractivity contribution in [2.24, 2.45) is 5.92 Å². The van der Waals surface area contributed by atoms with Crippen LogP contribution in [0.3, 0.4) is 0 Å². The van der Waals surface area contributed by atoms with E-state index < -0.39 is 6.04 Å². The molecule has 0 unspecified atom stereocenters. The number of carbonyl (C=O) groups is 2. The Balaban J connectivity index is 1.59. The van der Waals surface area contributed by atoms with E-state index in [1.807, 2.05) is 54.6 Å². The molecule has 3 saturated heterocycles. The molecule has 2 aromatic rings. The fourth-order valence-electron chi connectivity index (χ4n) is 4.60. The molecule has 0 spiro atoms. The third-order valence-corrected chi connectivity index (χ3v) is 5.88. The van der Waals surface area contributed by atoms with Crippen LogP contribution in [0, 0.1) is 5.92 Å². The Morgan fingerprint density at radius 3 is 2.15 bits per heavy atom. The summed E-state index contributed by atoms with van der Waals surface area (Å²) in [5, 5.41) is 4.98. The molecule has 3 atom stereocenters. The van der Waals surface area contributed by atoms with E-state index in [2.05, 4.69) is 10.0 Å². The van der Waals surface area contributed by atoms with E-state index >= 15 is 0 Å². The van der Waals surface area contributed by atoms with Crippen LogP contribution in [0.5, 0.6) is 0 Å². The minimum atomic E-state index is -0.411. The zero-order valence-corrected chi connectivity index (χ0v) is 14.8. The van der Waals surface area contributed by atoms with Gasteiger partial charge in [0.1, 0.15) is 6.04 Å². The Bertz CT molecular complexity index is 870. The lowest BCUT2D eigenvalue weighted by atomic mass is 9.90. The van der Waals surface area contributed by atoms with Crippen LogP contribution in [0.4, 0.5) is 5.69 Å². The SMILES string of the molecule is O=C1[C@@H]2[C@@H](C(=O)N1c1ccccc1)N1CCCN1[C@H]2c1ccc(Cl)cc1. The number of hydrogen-bond donors (Lipinski definition) is 0. The second-order valence-electron chi connectivity index (χ2n) is 6.99. The normalized spacial score (nSPS) is 28.7. The smallest absolute Gasteiger partial charge is 0.253 e. The van der Waals surface area contributed by atoms with Gasteiger partial charge in [0.2, 0.25) is 5.91 Å². The van der Waals surface area contributed by atoms with Gasteiger partial charge in [0.15, 0.2) is 0 Å². The molecule has 3 aliphatic heterocycles. The molecule has 0 aliphatic carbocycles. The van der Waals surface area contributed by atoms with Gasteiger partial charge in [-0.1, -0.05) is 41.9 Å². The maximum Gasteiger partial charge on any atom is 0.253 e. The van der Waals surface area contributed by atoms with Crippen LogP contribution in [0.15, 0.2) is 54.6 Å². The number of imide groups is 1. The number of benzene rings is 2. The number of rotatable bonds is 2. The van der Waals surface area contributed by atoms with Crippen molar-refractivity contribution in [3.05, 3.63) is 65.2 Å². The van der Waals surface area contributed by atoms with E-state index in [1.165, 1.54) is 4.90 Å². The third-order valence-electron chi connectivity index (χ3n) is 5.63. The number of hydrazine groups is 1. The summed E-state index contributed by atoms with van der Waals surface area (Å²) >= 11 is 6.04. The number of amides is 2. The van der Waals surface area contributed by atoms with Crippen LogP contribution in [0.25, 0.3) is 0 Å². The Morgan fingerprint density at radius 2 is 1.46 bits per heavy atom. The maximum absolute atomic E-state index is 13.3. The van der Waals surface area contributed by atoms with Gasteiger partial charge in [0.25, 0.3) is 5.91 Å². The van der Waals surface area contributed by atoms with Gasteiger partial charge < -0.3 is 0 Å². The van der Waals surface area contributed by atoms with Crippen molar-refractivity contribution in [3.8, 4) is 0 Å². The quantitative estimate of drug-likeness (QED) is 0.766. The van der Waals surface area contributed by atoms with E-state index in [1.54, 1.807) is 0 Å². The van der Waals surface area contributed by atoms with Gasteiger partial charge in [0.05, 0.1) is 17.6 Å². The lowest BCUT2D eigenvalue weighted by Crippen LogP contribution is -2.44. The number of carbonyl (C=O) groups excluding carboxylic acids is 2. The van der Waals surface area contributed by atoms with E-state index in [0.717, 1.165) is 25.1 Å². The highest BCUT2D eigenvalue weighted by Gasteiger charge is 2.62. The van der Waals surface area contributed by atoms with E-state index in [-0.39, 0.29) is 23.8 Å². The molecule has 2 amide bonds. The van der Waals surface area contributed by atoms with Gasteiger partial charge in [-0.05, 0) is 36.2 Å². The highest BCUT2D eigenvalue weighted by atomic mass is 35.5. The summed E-state index contributed by atoms with van der Waals surface area (Å²) in [7, 11) is 0. The second kappa shape index (κ2) is 5.91. The molecule has 3 heterocycles. The van der Waals surface area contributed by atoms with Gasteiger partial charge in [-0.2, -0.15) is 0 Å². The summed E-state index contributed by atoms with van der Waals surface area (Å²) < 4.78 is 0. The molecule has 26 heavy (non-hydrogen) atoms. The Hall–Kier alpha value is -2.21. The van der Waals surface area contributed by atoms with E-state index in [4.69, 9.17) is 11.6 Å². The number of nitrogens with zero attached hydrogens (tertiary/aromatic N) is 3. The van der Waals surface area contributed by atoms with Crippen molar-refractivity contribution in [2.75, 3.05) is 18.0 Å². The van der Waals surface area contributed by atoms with Gasteiger partial charge in [-0.25, -0.2) is 14.9 Å². The van der Waals surface area contributed by atoms with Crippen molar-refractivity contribution >= 4 is 29.1 Å². The van der Waals surface area contributed by atoms with Crippen LogP contribution >= 0.6 is 11.6 Å². The van der Waals surface area contributed by atoms with Crippen molar-refractivity contribution in [1.29, 1.82) is 0 Å². The Kier molecular flexibility index (Phi) is 3.64. The molecule has 0 saturated carbocycles. The highest BCUT2D eigenvalue weighted by molar-refractivity contribution is 6.30. The summed E-state index contributed by atoms with van der Waals surface area (Å²) in [6, 6.07) is 16.3. The summed E-state index contributed by atoms with van der Waals surface area (Å²) in [5.74, 6) is -0.612. The summed E-state index contributed by atoms with van der Waals surface area (Å²) in [6.45, 7) is 1.68. The molecule has 3 fully saturated rings. The zero-order valence-electron chi connectivity index (χ0n) is 14.1. The van der Waals surface area contributed by atoms with Crippen molar-refractivity contribution < 1.29 is 9.59 Å². The third kappa shape index (κ3) is 2.18. The van der Waals surface area contributed by atoms with E-state index in [0.29, 0.717) is 10.7 Å². The molecule has 3 aliphatic rings. The molecule has 0 N–H and O–H groups in total. The molecule has 5 rings (SSSR count). The Morgan fingerprint density at radius 1 is 0.808 bits per heavy atom. The fourth-order valence-corrected chi connectivity index (χ4v) is 4.73. The number of hydrogen-bond acceptors (Lipinski definition) is 4. The van der Waals surface area contributed by atoms with E-state index in [9.17, 15) is 9.59 Å². The van der Waals surface area contributed by atoms with Gasteiger partial charge in [0, 0.05) is 18.1 Å². The maximum atomic E-state index is 13.3. The Labute approximate surface area is 156 Å². The largest absolute Gasteiger partial charge is 0.274 e. The minimum Gasteiger partial charge on any atom is -0.274 e. The molecule has 2 aromatic carbocycles. The number of halogens is 1. The van der Waals surface area contributed by atoms with Crippen molar-refractivity contribution in [1.82, 2.24) is 10.0 Å². The van der Waals surface area contributed by atoms with Crippen LogP contribution in [0.1, 0.15) is 18.0 Å². The standard InChI is InChI=1S/C20H18ClN3O2/c21-14-9-7-13(8-10-14)17-16-18(23-12-4-11-22(17)23)20(26)24(19(16)25)15-5-2-1-3-6-15/h1-3,5-10,16-18H,4,11-12H2/t16-,17-,18-/m0/s1. The summed E-state index contributed by atoms with van der Waals surface area (Å²) in [4.78, 5) is 27.9. The van der Waals surface area contributed by atoms with Gasteiger partial charge in [-0.15, -0.1) is 0 Å². The van der Waals surface area contributed by atoms with Crippen molar-refractivity contribution in [2.45, 2.75) is 18.5 Å². The minimum absolute atomic E-state index is 0.111. The lowest BCUT2D eigenvalue weighted by Gasteiger charge is -2.29. The fraction of sp³-hybridized carbons (Fsp3) is 0.300. The van der Waals surface area contributed by atoms with Crippen LogP contribution in [0.2, 0.25) is 5.02 Å². The topological polar surface area (TPSA) is 43.9 Å². The molecule has 5 nitrogen and oxygen atoms in total. The average molecular weight is 368 g/mol. The monoisotopic (exact) mass is 367 g/mol. The number of anilines is 1. The van der Waals surface area contributed by atoms with Crippen LogP contribution < -0.4 is 4.90 Å². The predicted molar refractivity (Wildman–Crippen MR) is 98.4 cm³/mol. The first-order valence-corrected chi connectivity index (χ1v) is 9.26. The van der Waals surface area contributed by atoms with Crippen LogP contribution in [-0.4, -0.2) is 41.0 Å². The van der Waals surface area contributed by atoms with Gasteiger partial charge in [-0.3, -0.25) is 9.59 Å². The first-order valence-electron chi connectivity index (χ1n) is 8.88. The predicted octanol–water partition coefficient (Wildman–Crippen LogP) is 2.88. The summed E-state index contributed by atoms with van der Waals surface area (Å²) in [6.07, 6.45) is 1.00. The van der Waals surface area contributed by atoms with Gasteiger partial charge >= 0.3 is 0 Å². The molecular weight excluding hydrogens is 350 g/mol. The molecule has 0 aromatic heterocycles. The highest BCUT2D eigenvalue weighted by Crippen LogP contribution is 2.48. The molecule has 0 radical (unpaired) electrons. The first-order chi connectivity index (χ1) is 12.7.